The van der Waals surface area contributed by atoms with E-state index < -0.39 is 21.9 Å². The molecule has 0 spiro atoms. The van der Waals surface area contributed by atoms with Crippen LogP contribution in [0.25, 0.3) is 0 Å². The lowest BCUT2D eigenvalue weighted by Gasteiger charge is -2.15. The SMILES string of the molecule is CCCc1c(OCCNS(=O)(=O)c2ccc3c(c2)CC(C(=O)O)C3)ccc(C(C)=O)c1O. The van der Waals surface area contributed by atoms with E-state index in [0.29, 0.717) is 30.6 Å². The summed E-state index contributed by atoms with van der Waals surface area (Å²) in [6, 6.07) is 7.77. The highest BCUT2D eigenvalue weighted by atomic mass is 32.2. The molecule has 0 amide bonds. The van der Waals surface area contributed by atoms with Crippen molar-refractivity contribution in [1.29, 1.82) is 0 Å². The number of hydrogen-bond donors (Lipinski definition) is 3. The fourth-order valence-electron chi connectivity index (χ4n) is 3.89. The van der Waals surface area contributed by atoms with Crippen LogP contribution in [-0.2, 0) is 34.1 Å². The minimum Gasteiger partial charge on any atom is -0.507 e. The van der Waals surface area contributed by atoms with Gasteiger partial charge in [-0.25, -0.2) is 13.1 Å². The fourth-order valence-corrected chi connectivity index (χ4v) is 4.95. The molecule has 0 saturated carbocycles. The van der Waals surface area contributed by atoms with Crippen molar-refractivity contribution < 1.29 is 33.0 Å². The molecule has 2 aromatic carbocycles. The number of ether oxygens (including phenoxy) is 1. The number of aliphatic carboxylic acids is 1. The van der Waals surface area contributed by atoms with Crippen molar-refractivity contribution in [2.45, 2.75) is 44.4 Å². The van der Waals surface area contributed by atoms with E-state index in [4.69, 9.17) is 4.74 Å². The van der Waals surface area contributed by atoms with Gasteiger partial charge in [-0.15, -0.1) is 0 Å². The van der Waals surface area contributed by atoms with Gasteiger partial charge in [0.25, 0.3) is 0 Å². The molecule has 1 atom stereocenters. The quantitative estimate of drug-likeness (QED) is 0.366. The van der Waals surface area contributed by atoms with Crippen LogP contribution >= 0.6 is 0 Å². The molecule has 0 saturated heterocycles. The normalized spacial score (nSPS) is 15.4. The van der Waals surface area contributed by atoms with Crippen LogP contribution in [0.15, 0.2) is 35.2 Å². The molecule has 0 heterocycles. The number of carboxylic acid groups (broad SMARTS) is 1. The van der Waals surface area contributed by atoms with Gasteiger partial charge in [0.1, 0.15) is 18.1 Å². The number of phenols is 1. The van der Waals surface area contributed by atoms with Crippen molar-refractivity contribution in [2.24, 2.45) is 5.92 Å². The third-order valence-corrected chi connectivity index (χ3v) is 7.00. The van der Waals surface area contributed by atoms with Crippen LogP contribution in [0.5, 0.6) is 11.5 Å². The molecule has 0 aliphatic heterocycles. The van der Waals surface area contributed by atoms with Gasteiger partial charge in [0.15, 0.2) is 5.78 Å². The summed E-state index contributed by atoms with van der Waals surface area (Å²) in [5.41, 5.74) is 2.34. The predicted octanol–water partition coefficient (Wildman–Crippen LogP) is 2.70. The number of carboxylic acids is 1. The Bertz CT molecular complexity index is 1140. The first-order valence-corrected chi connectivity index (χ1v) is 11.9. The Morgan fingerprint density at radius 2 is 1.88 bits per heavy atom. The summed E-state index contributed by atoms with van der Waals surface area (Å²) >= 11 is 0. The van der Waals surface area contributed by atoms with Crippen LogP contribution in [-0.4, -0.2) is 43.5 Å². The Kier molecular flexibility index (Phi) is 7.20. The van der Waals surface area contributed by atoms with E-state index in [1.54, 1.807) is 12.1 Å². The zero-order valence-corrected chi connectivity index (χ0v) is 18.9. The van der Waals surface area contributed by atoms with Gasteiger partial charge in [-0.2, -0.15) is 0 Å². The molecule has 9 heteroatoms. The molecular weight excluding hydrogens is 434 g/mol. The summed E-state index contributed by atoms with van der Waals surface area (Å²) in [6.45, 7) is 3.34. The van der Waals surface area contributed by atoms with Crippen molar-refractivity contribution in [3.8, 4) is 11.5 Å². The van der Waals surface area contributed by atoms with Gasteiger partial charge in [-0.3, -0.25) is 9.59 Å². The van der Waals surface area contributed by atoms with Crippen molar-refractivity contribution in [3.05, 3.63) is 52.6 Å². The maximum Gasteiger partial charge on any atom is 0.307 e. The standard InChI is InChI=1S/C23H27NO7S/c1-3-4-20-21(8-7-19(14(2)25)22(20)26)31-10-9-24-32(29,30)18-6-5-15-11-17(23(27)28)12-16(15)13-18/h5-8,13,17,24,26H,3-4,9-12H2,1-2H3,(H,27,28). The highest BCUT2D eigenvalue weighted by Crippen LogP contribution is 2.33. The number of hydrogen-bond acceptors (Lipinski definition) is 6. The molecule has 0 fully saturated rings. The third kappa shape index (κ3) is 5.11. The third-order valence-electron chi connectivity index (χ3n) is 5.54. The number of carbonyl (C=O) groups excluding carboxylic acids is 1. The van der Waals surface area contributed by atoms with E-state index in [2.05, 4.69) is 4.72 Å². The number of ketones is 1. The molecule has 3 N–H and O–H groups in total. The van der Waals surface area contributed by atoms with Crippen molar-refractivity contribution in [2.75, 3.05) is 13.2 Å². The number of sulfonamides is 1. The Balaban J connectivity index is 1.64. The Morgan fingerprint density at radius 3 is 2.53 bits per heavy atom. The first-order valence-electron chi connectivity index (χ1n) is 10.5. The summed E-state index contributed by atoms with van der Waals surface area (Å²) < 4.78 is 33.5. The molecule has 1 aliphatic rings. The molecule has 0 aromatic heterocycles. The largest absolute Gasteiger partial charge is 0.507 e. The van der Waals surface area contributed by atoms with E-state index in [-0.39, 0.29) is 35.1 Å². The van der Waals surface area contributed by atoms with Crippen molar-refractivity contribution >= 4 is 21.8 Å². The summed E-state index contributed by atoms with van der Waals surface area (Å²) in [6.07, 6.45) is 1.97. The fraction of sp³-hybridized carbons (Fsp3) is 0.391. The number of phenolic OH excluding ortho intramolecular Hbond substituents is 1. The number of nitrogens with one attached hydrogen (secondary N) is 1. The molecule has 8 nitrogen and oxygen atoms in total. The molecule has 32 heavy (non-hydrogen) atoms. The van der Waals surface area contributed by atoms with Gasteiger partial charge < -0.3 is 14.9 Å². The van der Waals surface area contributed by atoms with Crippen LogP contribution in [0.3, 0.4) is 0 Å². The van der Waals surface area contributed by atoms with E-state index in [1.165, 1.54) is 25.1 Å². The number of Topliss-reactive ketones (excluding diaryl/α,β-unsaturated/α-hetero) is 1. The topological polar surface area (TPSA) is 130 Å². The molecule has 3 rings (SSSR count). The zero-order valence-electron chi connectivity index (χ0n) is 18.1. The van der Waals surface area contributed by atoms with E-state index >= 15 is 0 Å². The van der Waals surface area contributed by atoms with E-state index in [0.717, 1.165) is 17.5 Å². The first kappa shape index (κ1) is 23.7. The average Bonchev–Trinajstić information content (AvgIpc) is 3.17. The predicted molar refractivity (Wildman–Crippen MR) is 118 cm³/mol. The Morgan fingerprint density at radius 1 is 1.16 bits per heavy atom. The molecule has 172 valence electrons. The lowest BCUT2D eigenvalue weighted by molar-refractivity contribution is -0.141. The molecule has 0 radical (unpaired) electrons. The smallest absolute Gasteiger partial charge is 0.307 e. The second-order valence-corrected chi connectivity index (χ2v) is 9.63. The molecule has 2 aromatic rings. The van der Waals surface area contributed by atoms with Crippen LogP contribution in [0.2, 0.25) is 0 Å². The van der Waals surface area contributed by atoms with E-state index in [9.17, 15) is 28.2 Å². The second kappa shape index (κ2) is 9.70. The number of benzene rings is 2. The van der Waals surface area contributed by atoms with Crippen LogP contribution in [0.4, 0.5) is 0 Å². The molecule has 1 aliphatic carbocycles. The van der Waals surface area contributed by atoms with Gasteiger partial charge in [0, 0.05) is 12.1 Å². The second-order valence-electron chi connectivity index (χ2n) is 7.86. The minimum atomic E-state index is -3.79. The Labute approximate surface area is 187 Å². The average molecular weight is 462 g/mol. The molecular formula is C23H27NO7S. The summed E-state index contributed by atoms with van der Waals surface area (Å²) in [5, 5.41) is 19.6. The van der Waals surface area contributed by atoms with Crippen LogP contribution < -0.4 is 9.46 Å². The maximum atomic E-state index is 12.6. The summed E-state index contributed by atoms with van der Waals surface area (Å²) in [5.74, 6) is -1.35. The number of carbonyl (C=O) groups is 2. The van der Waals surface area contributed by atoms with Gasteiger partial charge in [-0.05, 0) is 61.6 Å². The summed E-state index contributed by atoms with van der Waals surface area (Å²) in [7, 11) is -3.79. The monoisotopic (exact) mass is 461 g/mol. The molecule has 1 unspecified atom stereocenters. The lowest BCUT2D eigenvalue weighted by Crippen LogP contribution is -2.28. The number of fused-ring (bicyclic) bond motifs is 1. The summed E-state index contributed by atoms with van der Waals surface area (Å²) in [4.78, 5) is 22.9. The number of aromatic hydroxyl groups is 1. The first-order chi connectivity index (χ1) is 15.1. The van der Waals surface area contributed by atoms with Gasteiger partial charge in [0.2, 0.25) is 10.0 Å². The van der Waals surface area contributed by atoms with Gasteiger partial charge in [0.05, 0.1) is 16.4 Å². The minimum absolute atomic E-state index is 0.00203. The lowest BCUT2D eigenvalue weighted by atomic mass is 10.0. The van der Waals surface area contributed by atoms with Crippen LogP contribution in [0.1, 0.15) is 47.3 Å². The highest BCUT2D eigenvalue weighted by Gasteiger charge is 2.28. The van der Waals surface area contributed by atoms with Gasteiger partial charge in [-0.1, -0.05) is 19.4 Å². The zero-order chi connectivity index (χ0) is 23.5. The van der Waals surface area contributed by atoms with Crippen molar-refractivity contribution in [1.82, 2.24) is 4.72 Å². The maximum absolute atomic E-state index is 12.6. The van der Waals surface area contributed by atoms with Crippen molar-refractivity contribution in [3.63, 3.8) is 0 Å². The van der Waals surface area contributed by atoms with Crippen LogP contribution in [0, 0.1) is 5.92 Å². The molecule has 0 bridgehead atoms. The highest BCUT2D eigenvalue weighted by molar-refractivity contribution is 7.89. The van der Waals surface area contributed by atoms with Gasteiger partial charge >= 0.3 is 5.97 Å². The van der Waals surface area contributed by atoms with E-state index in [1.807, 2.05) is 6.92 Å². The Hall–Kier alpha value is -2.91. The number of rotatable bonds is 10.